The first kappa shape index (κ1) is 18.0. The zero-order valence-corrected chi connectivity index (χ0v) is 15.5. The number of nitrogens with one attached hydrogen (secondary N) is 1. The largest absolute Gasteiger partial charge is 0.465 e. The van der Waals surface area contributed by atoms with Gasteiger partial charge in [0.15, 0.2) is 0 Å². The molecule has 1 fully saturated rings. The maximum atomic E-state index is 13.1. The van der Waals surface area contributed by atoms with Gasteiger partial charge in [-0.2, -0.15) is 0 Å². The van der Waals surface area contributed by atoms with Gasteiger partial charge in [-0.15, -0.1) is 0 Å². The molecule has 2 N–H and O–H groups in total. The minimum absolute atomic E-state index is 0.167. The van der Waals surface area contributed by atoms with E-state index >= 15 is 0 Å². The summed E-state index contributed by atoms with van der Waals surface area (Å²) in [5, 5.41) is 14.3. The molecule has 6 heteroatoms. The maximum Gasteiger partial charge on any atom is 0.407 e. The summed E-state index contributed by atoms with van der Waals surface area (Å²) < 4.78 is 0. The summed E-state index contributed by atoms with van der Waals surface area (Å²) >= 11 is 0. The fraction of sp³-hybridized carbons (Fsp3) is 0.227. The summed E-state index contributed by atoms with van der Waals surface area (Å²) in [6.07, 6.45) is 0.789. The van der Waals surface area contributed by atoms with E-state index in [1.54, 1.807) is 6.20 Å². The molecule has 1 aliphatic rings. The van der Waals surface area contributed by atoms with Crippen molar-refractivity contribution in [2.75, 3.05) is 18.4 Å². The van der Waals surface area contributed by atoms with E-state index in [0.29, 0.717) is 12.2 Å². The van der Waals surface area contributed by atoms with E-state index in [1.807, 2.05) is 61.5 Å². The van der Waals surface area contributed by atoms with Crippen molar-refractivity contribution in [3.05, 3.63) is 72.1 Å². The number of likely N-dealkylation sites (tertiary alicyclic amines) is 1. The number of carbonyl (C=O) groups excluding carboxylic acids is 1. The zero-order valence-electron chi connectivity index (χ0n) is 15.5. The predicted molar refractivity (Wildman–Crippen MR) is 107 cm³/mol. The Hall–Kier alpha value is -3.41. The molecule has 0 radical (unpaired) electrons. The van der Waals surface area contributed by atoms with E-state index in [4.69, 9.17) is 0 Å². The maximum absolute atomic E-state index is 13.1. The molecule has 1 aliphatic heterocycles. The minimum atomic E-state index is -0.997. The molecule has 2 heterocycles. The highest BCUT2D eigenvalue weighted by Gasteiger charge is 2.40. The number of hydrogen-bond donors (Lipinski definition) is 2. The first-order valence-electron chi connectivity index (χ1n) is 9.22. The van der Waals surface area contributed by atoms with Gasteiger partial charge in [0.1, 0.15) is 0 Å². The average Bonchev–Trinajstić information content (AvgIpc) is 3.15. The number of rotatable bonds is 3. The molecule has 1 aromatic heterocycles. The number of amides is 2. The quantitative estimate of drug-likeness (QED) is 0.728. The first-order chi connectivity index (χ1) is 13.5. The Morgan fingerprint density at radius 1 is 1.11 bits per heavy atom. The molecular weight excluding hydrogens is 354 g/mol. The smallest absolute Gasteiger partial charge is 0.407 e. The van der Waals surface area contributed by atoms with Gasteiger partial charge in [0.2, 0.25) is 5.91 Å². The predicted octanol–water partition coefficient (Wildman–Crippen LogP) is 3.88. The van der Waals surface area contributed by atoms with Crippen LogP contribution in [0.2, 0.25) is 0 Å². The molecule has 28 heavy (non-hydrogen) atoms. The summed E-state index contributed by atoms with van der Waals surface area (Å²) in [6, 6.07) is 17.3. The Bertz CT molecular complexity index is 1040. The molecule has 3 aromatic rings. The molecule has 0 unspecified atom stereocenters. The highest BCUT2D eigenvalue weighted by Crippen LogP contribution is 2.34. The summed E-state index contributed by atoms with van der Waals surface area (Å²) in [5.41, 5.74) is 2.56. The van der Waals surface area contributed by atoms with Gasteiger partial charge < -0.3 is 15.3 Å². The standard InChI is InChI=1S/C22H21N3O3/c1-14-10-17-16(11-23-14)8-5-9-20(17)24-21(26)19-13-25(22(27)28)12-18(19)15-6-3-2-4-7-15/h2-11,18-19H,12-13H2,1H3,(H,24,26)(H,27,28)/t18-,19+/m0/s1. The lowest BCUT2D eigenvalue weighted by Crippen LogP contribution is -2.30. The highest BCUT2D eigenvalue weighted by atomic mass is 16.4. The second-order valence-corrected chi connectivity index (χ2v) is 7.15. The number of hydrogen-bond acceptors (Lipinski definition) is 3. The van der Waals surface area contributed by atoms with Crippen LogP contribution in [0.5, 0.6) is 0 Å². The molecule has 4 rings (SSSR count). The van der Waals surface area contributed by atoms with Gasteiger partial charge in [0, 0.05) is 47.4 Å². The van der Waals surface area contributed by atoms with E-state index in [1.165, 1.54) is 4.90 Å². The molecule has 2 atom stereocenters. The molecule has 6 nitrogen and oxygen atoms in total. The van der Waals surface area contributed by atoms with Crippen molar-refractivity contribution in [3.8, 4) is 0 Å². The number of anilines is 1. The number of carbonyl (C=O) groups is 2. The Balaban J connectivity index is 1.64. The van der Waals surface area contributed by atoms with Crippen LogP contribution in [0.15, 0.2) is 60.8 Å². The lowest BCUT2D eigenvalue weighted by Gasteiger charge is -2.19. The van der Waals surface area contributed by atoms with Crippen molar-refractivity contribution in [3.63, 3.8) is 0 Å². The third kappa shape index (κ3) is 3.41. The lowest BCUT2D eigenvalue weighted by molar-refractivity contribution is -0.119. The van der Waals surface area contributed by atoms with E-state index in [-0.39, 0.29) is 18.4 Å². The van der Waals surface area contributed by atoms with Gasteiger partial charge >= 0.3 is 6.09 Å². The second-order valence-electron chi connectivity index (χ2n) is 7.15. The van der Waals surface area contributed by atoms with Crippen LogP contribution in [0.1, 0.15) is 17.2 Å². The molecule has 2 amide bonds. The topological polar surface area (TPSA) is 82.5 Å². The monoisotopic (exact) mass is 375 g/mol. The minimum Gasteiger partial charge on any atom is -0.465 e. The molecule has 0 spiro atoms. The molecule has 1 saturated heterocycles. The van der Waals surface area contributed by atoms with E-state index in [9.17, 15) is 14.7 Å². The zero-order chi connectivity index (χ0) is 19.7. The van der Waals surface area contributed by atoms with Crippen LogP contribution >= 0.6 is 0 Å². The molecule has 2 aromatic carbocycles. The van der Waals surface area contributed by atoms with Crippen LogP contribution in [-0.2, 0) is 4.79 Å². The van der Waals surface area contributed by atoms with E-state index in [0.717, 1.165) is 22.0 Å². The van der Waals surface area contributed by atoms with Gasteiger partial charge in [-0.3, -0.25) is 9.78 Å². The van der Waals surface area contributed by atoms with Crippen LogP contribution in [-0.4, -0.2) is 40.1 Å². The number of carboxylic acid groups (broad SMARTS) is 1. The van der Waals surface area contributed by atoms with E-state index < -0.39 is 12.0 Å². The molecule has 0 bridgehead atoms. The Kier molecular flexibility index (Phi) is 4.69. The Labute approximate surface area is 162 Å². The number of fused-ring (bicyclic) bond motifs is 1. The Morgan fingerprint density at radius 2 is 1.89 bits per heavy atom. The van der Waals surface area contributed by atoms with Gasteiger partial charge in [-0.1, -0.05) is 42.5 Å². The van der Waals surface area contributed by atoms with Crippen LogP contribution in [0.4, 0.5) is 10.5 Å². The van der Waals surface area contributed by atoms with Crippen LogP contribution in [0, 0.1) is 12.8 Å². The number of benzene rings is 2. The number of nitrogens with zero attached hydrogens (tertiary/aromatic N) is 2. The van der Waals surface area contributed by atoms with Crippen molar-refractivity contribution in [2.45, 2.75) is 12.8 Å². The number of aromatic nitrogens is 1. The third-order valence-corrected chi connectivity index (χ3v) is 5.31. The lowest BCUT2D eigenvalue weighted by atomic mass is 9.88. The van der Waals surface area contributed by atoms with Crippen molar-refractivity contribution >= 4 is 28.5 Å². The molecule has 142 valence electrons. The normalized spacial score (nSPS) is 19.0. The van der Waals surface area contributed by atoms with Crippen molar-refractivity contribution in [1.82, 2.24) is 9.88 Å². The molecular formula is C22H21N3O3. The van der Waals surface area contributed by atoms with Gasteiger partial charge in [-0.05, 0) is 24.6 Å². The van der Waals surface area contributed by atoms with Crippen LogP contribution in [0.25, 0.3) is 10.8 Å². The summed E-state index contributed by atoms with van der Waals surface area (Å²) in [7, 11) is 0. The van der Waals surface area contributed by atoms with Crippen molar-refractivity contribution in [2.24, 2.45) is 5.92 Å². The fourth-order valence-electron chi connectivity index (χ4n) is 3.87. The fourth-order valence-corrected chi connectivity index (χ4v) is 3.87. The highest BCUT2D eigenvalue weighted by molar-refractivity contribution is 6.03. The van der Waals surface area contributed by atoms with E-state index in [2.05, 4.69) is 10.3 Å². The summed E-state index contributed by atoms with van der Waals surface area (Å²) in [5.74, 6) is -0.785. The number of aryl methyl sites for hydroxylation is 1. The number of pyridine rings is 1. The van der Waals surface area contributed by atoms with Crippen molar-refractivity contribution in [1.29, 1.82) is 0 Å². The van der Waals surface area contributed by atoms with Gasteiger partial charge in [0.25, 0.3) is 0 Å². The summed E-state index contributed by atoms with van der Waals surface area (Å²) in [6.45, 7) is 2.41. The SMILES string of the molecule is Cc1cc2c(NC(=O)[C@@H]3CN(C(=O)O)C[C@H]3c3ccccc3)cccc2cn1. The van der Waals surface area contributed by atoms with Gasteiger partial charge in [0.05, 0.1) is 5.92 Å². The van der Waals surface area contributed by atoms with Crippen LogP contribution < -0.4 is 5.32 Å². The first-order valence-corrected chi connectivity index (χ1v) is 9.22. The summed E-state index contributed by atoms with van der Waals surface area (Å²) in [4.78, 5) is 30.3. The molecule has 0 aliphatic carbocycles. The Morgan fingerprint density at radius 3 is 2.64 bits per heavy atom. The average molecular weight is 375 g/mol. The second kappa shape index (κ2) is 7.31. The van der Waals surface area contributed by atoms with Gasteiger partial charge in [-0.25, -0.2) is 4.79 Å². The third-order valence-electron chi connectivity index (χ3n) is 5.31. The van der Waals surface area contributed by atoms with Crippen molar-refractivity contribution < 1.29 is 14.7 Å². The molecule has 0 saturated carbocycles. The van der Waals surface area contributed by atoms with Crippen LogP contribution in [0.3, 0.4) is 0 Å².